The summed E-state index contributed by atoms with van der Waals surface area (Å²) < 4.78 is 5.80. The zero-order valence-corrected chi connectivity index (χ0v) is 20.3. The molecule has 0 aliphatic carbocycles. The number of carbonyl (C=O) groups excluding carboxylic acids is 2. The molecule has 1 N–H and O–H groups in total. The summed E-state index contributed by atoms with van der Waals surface area (Å²) >= 11 is 0. The van der Waals surface area contributed by atoms with E-state index < -0.39 is 18.0 Å². The first kappa shape index (κ1) is 29.6. The number of likely N-dealkylation sites (N-methyl/N-ethyl adjacent to an activating group) is 1. The van der Waals surface area contributed by atoms with Gasteiger partial charge in [0.15, 0.2) is 6.10 Å². The molecule has 6 nitrogen and oxygen atoms in total. The molecule has 0 amide bonds. The van der Waals surface area contributed by atoms with Crippen molar-refractivity contribution < 1.29 is 29.0 Å². The van der Waals surface area contributed by atoms with E-state index in [-0.39, 0.29) is 6.42 Å². The molecule has 0 rings (SSSR count). The molecule has 182 valence electrons. The van der Waals surface area contributed by atoms with Gasteiger partial charge in [-0.15, -0.1) is 0 Å². The van der Waals surface area contributed by atoms with Crippen molar-refractivity contribution in [1.82, 2.24) is 0 Å². The summed E-state index contributed by atoms with van der Waals surface area (Å²) in [5, 5.41) is 19.6. The second-order valence-electron chi connectivity index (χ2n) is 9.62. The fourth-order valence-electron chi connectivity index (χ4n) is 3.64. The van der Waals surface area contributed by atoms with Crippen LogP contribution < -0.4 is 5.11 Å². The Morgan fingerprint density at radius 3 is 1.71 bits per heavy atom. The molecule has 6 heteroatoms. The highest BCUT2D eigenvalue weighted by Gasteiger charge is 2.21. The van der Waals surface area contributed by atoms with Gasteiger partial charge >= 0.3 is 5.97 Å². The van der Waals surface area contributed by atoms with E-state index >= 15 is 0 Å². The smallest absolute Gasteiger partial charge is 0.330 e. The lowest BCUT2D eigenvalue weighted by atomic mass is 10.0. The number of unbranched alkanes of at least 4 members (excludes halogenated alkanes) is 13. The van der Waals surface area contributed by atoms with E-state index in [1.165, 1.54) is 70.3 Å². The Balaban J connectivity index is 3.64. The zero-order chi connectivity index (χ0) is 23.4. The van der Waals surface area contributed by atoms with Gasteiger partial charge < -0.3 is 24.2 Å². The third-order valence-electron chi connectivity index (χ3n) is 5.21. The summed E-state index contributed by atoms with van der Waals surface area (Å²) in [5.41, 5.74) is 0. The van der Waals surface area contributed by atoms with E-state index in [9.17, 15) is 14.7 Å². The number of rotatable bonds is 21. The number of esters is 1. The van der Waals surface area contributed by atoms with Crippen LogP contribution in [0.3, 0.4) is 0 Å². The minimum atomic E-state index is -1.20. The zero-order valence-electron chi connectivity index (χ0n) is 20.3. The summed E-state index contributed by atoms with van der Waals surface area (Å²) in [4.78, 5) is 22.8. The van der Waals surface area contributed by atoms with Gasteiger partial charge in [0.25, 0.3) is 0 Å². The molecule has 0 heterocycles. The number of aliphatic carboxylic acids is 1. The third-order valence-corrected chi connectivity index (χ3v) is 5.21. The number of ether oxygens (including phenoxy) is 1. The van der Waals surface area contributed by atoms with Crippen LogP contribution in [0, 0.1) is 0 Å². The fraction of sp³-hybridized carbons (Fsp3) is 0.840. The number of allylic oxidation sites excluding steroid dienone is 1. The molecule has 0 aliphatic rings. The van der Waals surface area contributed by atoms with Crippen molar-refractivity contribution in [2.24, 2.45) is 0 Å². The van der Waals surface area contributed by atoms with Crippen LogP contribution in [0.5, 0.6) is 0 Å². The first-order chi connectivity index (χ1) is 14.7. The maximum Gasteiger partial charge on any atom is 0.330 e. The molecule has 0 unspecified atom stereocenters. The lowest BCUT2D eigenvalue weighted by Crippen LogP contribution is -2.45. The van der Waals surface area contributed by atoms with E-state index in [2.05, 4.69) is 0 Å². The third kappa shape index (κ3) is 23.1. The number of hydrogen-bond acceptors (Lipinski definition) is 5. The number of carbonyl (C=O) groups is 2. The average Bonchev–Trinajstić information content (AvgIpc) is 2.65. The Hall–Kier alpha value is -1.40. The van der Waals surface area contributed by atoms with Gasteiger partial charge in [-0.2, -0.15) is 0 Å². The minimum Gasteiger partial charge on any atom is -0.550 e. The Bertz CT molecular complexity index is 485. The summed E-state index contributed by atoms with van der Waals surface area (Å²) in [6.07, 6.45) is 19.1. The summed E-state index contributed by atoms with van der Waals surface area (Å²) in [7, 11) is 5.78. The number of hydrogen-bond donors (Lipinski definition) is 1. The number of quaternary nitrogens is 1. The normalized spacial score (nSPS) is 12.9. The second kappa shape index (κ2) is 19.3. The Morgan fingerprint density at radius 2 is 1.29 bits per heavy atom. The molecule has 0 aromatic rings. The van der Waals surface area contributed by atoms with E-state index in [0.717, 1.165) is 25.7 Å². The molecule has 0 saturated carbocycles. The molecule has 0 bridgehead atoms. The summed E-state index contributed by atoms with van der Waals surface area (Å²) in [5.74, 6) is -1.68. The predicted octanol–water partition coefficient (Wildman–Crippen LogP) is 3.75. The number of nitrogens with zero attached hydrogens (tertiary/aromatic N) is 1. The maximum absolute atomic E-state index is 11.9. The second-order valence-corrected chi connectivity index (χ2v) is 9.62. The molecule has 0 aromatic carbocycles. The highest BCUT2D eigenvalue weighted by atomic mass is 16.5. The Labute approximate surface area is 190 Å². The van der Waals surface area contributed by atoms with Gasteiger partial charge in [-0.3, -0.25) is 0 Å². The van der Waals surface area contributed by atoms with Crippen molar-refractivity contribution in [2.75, 3.05) is 34.3 Å². The monoisotopic (exact) mass is 441 g/mol. The number of carboxylic acids is 1. The standard InChI is InChI=1S/C25H47NO5/c1-26(2,3)22-23(21-24(28)29)31-25(30)19-17-15-13-11-9-7-5-4-6-8-10-12-14-16-18-20-27/h17,19,23,27H,4-16,18,20-22H2,1-3H3/t23-/m1/s1. The van der Waals surface area contributed by atoms with Crippen LogP contribution in [0.1, 0.15) is 96.3 Å². The van der Waals surface area contributed by atoms with Gasteiger partial charge in [-0.25, -0.2) is 4.79 Å². The first-order valence-corrected chi connectivity index (χ1v) is 12.2. The van der Waals surface area contributed by atoms with Crippen molar-refractivity contribution in [2.45, 2.75) is 102 Å². The van der Waals surface area contributed by atoms with Gasteiger partial charge in [0.2, 0.25) is 0 Å². The van der Waals surface area contributed by atoms with Crippen LogP contribution in [0.15, 0.2) is 12.2 Å². The molecule has 0 radical (unpaired) electrons. The SMILES string of the molecule is C[N+](C)(C)C[C@@H](CC(=O)[O-])OC(=O)C=CCCCCCCCCCCCCCCCO. The van der Waals surface area contributed by atoms with Crippen LogP contribution >= 0.6 is 0 Å². The van der Waals surface area contributed by atoms with Crippen LogP contribution in [0.4, 0.5) is 0 Å². The van der Waals surface area contributed by atoms with Crippen molar-refractivity contribution in [3.8, 4) is 0 Å². The lowest BCUT2D eigenvalue weighted by Gasteiger charge is -2.29. The van der Waals surface area contributed by atoms with Crippen molar-refractivity contribution in [3.63, 3.8) is 0 Å². The molecule has 0 aliphatic heterocycles. The lowest BCUT2D eigenvalue weighted by molar-refractivity contribution is -0.873. The van der Waals surface area contributed by atoms with E-state index in [4.69, 9.17) is 9.84 Å². The predicted molar refractivity (Wildman–Crippen MR) is 123 cm³/mol. The van der Waals surface area contributed by atoms with Crippen LogP contribution in [-0.4, -0.2) is 61.9 Å². The Morgan fingerprint density at radius 1 is 0.839 bits per heavy atom. The molecule has 0 saturated heterocycles. The Kier molecular flexibility index (Phi) is 18.4. The van der Waals surface area contributed by atoms with E-state index in [1.807, 2.05) is 27.2 Å². The van der Waals surface area contributed by atoms with Crippen LogP contribution in [-0.2, 0) is 14.3 Å². The number of aliphatic hydroxyl groups is 1. The van der Waals surface area contributed by atoms with Gasteiger partial charge in [0, 0.05) is 25.1 Å². The number of carboxylic acid groups (broad SMARTS) is 1. The molecule has 0 aromatic heterocycles. The van der Waals surface area contributed by atoms with Gasteiger partial charge in [-0.05, 0) is 19.3 Å². The molecule has 1 atom stereocenters. The molecular weight excluding hydrogens is 394 g/mol. The van der Waals surface area contributed by atoms with Gasteiger partial charge in [0.05, 0.1) is 21.1 Å². The number of aliphatic hydroxyl groups excluding tert-OH is 1. The minimum absolute atomic E-state index is 0.278. The van der Waals surface area contributed by atoms with Crippen LogP contribution in [0.2, 0.25) is 0 Å². The highest BCUT2D eigenvalue weighted by molar-refractivity contribution is 5.82. The fourth-order valence-corrected chi connectivity index (χ4v) is 3.64. The molecular formula is C25H47NO5. The highest BCUT2D eigenvalue weighted by Crippen LogP contribution is 2.13. The van der Waals surface area contributed by atoms with Gasteiger partial charge in [0.1, 0.15) is 6.54 Å². The van der Waals surface area contributed by atoms with Gasteiger partial charge in [-0.1, -0.05) is 76.7 Å². The average molecular weight is 442 g/mol. The van der Waals surface area contributed by atoms with Crippen molar-refractivity contribution in [3.05, 3.63) is 12.2 Å². The van der Waals surface area contributed by atoms with E-state index in [1.54, 1.807) is 0 Å². The molecule has 0 fully saturated rings. The van der Waals surface area contributed by atoms with Crippen LogP contribution in [0.25, 0.3) is 0 Å². The van der Waals surface area contributed by atoms with Crippen molar-refractivity contribution in [1.29, 1.82) is 0 Å². The first-order valence-electron chi connectivity index (χ1n) is 12.2. The quantitative estimate of drug-likeness (QED) is 0.127. The molecule has 31 heavy (non-hydrogen) atoms. The molecule has 0 spiro atoms. The van der Waals surface area contributed by atoms with E-state index in [0.29, 0.717) is 17.6 Å². The summed E-state index contributed by atoms with van der Waals surface area (Å²) in [6.45, 7) is 0.755. The summed E-state index contributed by atoms with van der Waals surface area (Å²) in [6, 6.07) is 0. The van der Waals surface area contributed by atoms with Crippen molar-refractivity contribution >= 4 is 11.9 Å². The largest absolute Gasteiger partial charge is 0.550 e. The topological polar surface area (TPSA) is 86.7 Å². The maximum atomic E-state index is 11.9.